The zero-order chi connectivity index (χ0) is 31.9. The van der Waals surface area contributed by atoms with Gasteiger partial charge in [-0.2, -0.15) is 18.2 Å². The summed E-state index contributed by atoms with van der Waals surface area (Å²) in [4.78, 5) is 15.3. The van der Waals surface area contributed by atoms with E-state index in [0.29, 0.717) is 53.5 Å². The molecule has 9 nitrogen and oxygen atoms in total. The number of fused-ring (bicyclic) bond motifs is 3. The third-order valence-electron chi connectivity index (χ3n) is 8.71. The van der Waals surface area contributed by atoms with Crippen LogP contribution in [0.1, 0.15) is 18.4 Å². The number of likely N-dealkylation sites (tertiary alicyclic amines) is 1. The summed E-state index contributed by atoms with van der Waals surface area (Å²) in [6, 6.07) is 11.9. The molecule has 14 heteroatoms. The monoisotopic (exact) mass is 663 g/mol. The van der Waals surface area contributed by atoms with Crippen molar-refractivity contribution in [2.75, 3.05) is 74.7 Å². The zero-order valence-corrected chi connectivity index (χ0v) is 27.2. The highest BCUT2D eigenvalue weighted by Gasteiger charge is 2.38. The third kappa shape index (κ3) is 7.35. The molecule has 0 spiro atoms. The number of benzene rings is 2. The van der Waals surface area contributed by atoms with Crippen molar-refractivity contribution < 1.29 is 22.5 Å². The molecule has 3 aromatic rings. The van der Waals surface area contributed by atoms with E-state index in [9.17, 15) is 17.7 Å². The van der Waals surface area contributed by atoms with Gasteiger partial charge in [0, 0.05) is 42.7 Å². The molecule has 45 heavy (non-hydrogen) atoms. The number of aromatic nitrogens is 2. The number of hydrogen-bond donors (Lipinski definition) is 2. The van der Waals surface area contributed by atoms with Crippen LogP contribution >= 0.6 is 18.7 Å². The summed E-state index contributed by atoms with van der Waals surface area (Å²) >= 11 is 6.43. The van der Waals surface area contributed by atoms with Gasteiger partial charge < -0.3 is 24.8 Å². The van der Waals surface area contributed by atoms with E-state index in [-0.39, 0.29) is 6.04 Å². The Hall–Kier alpha value is -3.05. The van der Waals surface area contributed by atoms with Crippen molar-refractivity contribution >= 4 is 52.9 Å². The minimum atomic E-state index is -4.15. The topological polar surface area (TPSA) is 85.9 Å². The molecule has 1 aromatic heterocycles. The predicted octanol–water partition coefficient (Wildman–Crippen LogP) is 6.08. The second kappa shape index (κ2) is 12.6. The lowest BCUT2D eigenvalue weighted by atomic mass is 9.99. The second-order valence-corrected chi connectivity index (χ2v) is 16.0. The third-order valence-corrected chi connectivity index (χ3v) is 10.5. The highest BCUT2D eigenvalue weighted by molar-refractivity contribution is 7.70. The van der Waals surface area contributed by atoms with Crippen LogP contribution in [0.2, 0.25) is 5.02 Å². The molecule has 0 amide bonds. The molecular weight excluding hydrogens is 626 g/mol. The summed E-state index contributed by atoms with van der Waals surface area (Å²) < 4.78 is 57.6. The number of rotatable bonds is 7. The van der Waals surface area contributed by atoms with E-state index in [0.717, 1.165) is 55.2 Å². The van der Waals surface area contributed by atoms with Crippen molar-refractivity contribution in [1.82, 2.24) is 19.8 Å². The number of halogens is 4. The number of alkyl halides is 3. The summed E-state index contributed by atoms with van der Waals surface area (Å²) in [5.41, 5.74) is 3.57. The fraction of sp³-hybridized carbons (Fsp3) is 0.484. The first-order valence-electron chi connectivity index (χ1n) is 15.1. The molecule has 0 aliphatic carbocycles. The SMILES string of the molecule is Cc1cc(Nc2ncc(Cl)c(Nc3ccccc3P(C)(C)=O)n2)cc2c1N1CCN(C3CCN(CC(F)(F)F)CC3)C[C@H]1CO2. The van der Waals surface area contributed by atoms with Crippen LogP contribution in [0.3, 0.4) is 0 Å². The average molecular weight is 664 g/mol. The van der Waals surface area contributed by atoms with Gasteiger partial charge in [-0.25, -0.2) is 4.98 Å². The highest BCUT2D eigenvalue weighted by atomic mass is 35.5. The Kier molecular flexibility index (Phi) is 8.95. The van der Waals surface area contributed by atoms with Crippen LogP contribution in [-0.2, 0) is 4.57 Å². The van der Waals surface area contributed by atoms with Crippen molar-refractivity contribution in [2.24, 2.45) is 0 Å². The molecule has 1 atom stereocenters. The molecule has 4 heterocycles. The maximum atomic E-state index is 12.8. The molecule has 0 bridgehead atoms. The molecule has 2 fully saturated rings. The number of nitrogens with zero attached hydrogens (tertiary/aromatic N) is 5. The molecular formula is C31H38ClF3N7O2P. The van der Waals surface area contributed by atoms with Gasteiger partial charge in [0.2, 0.25) is 5.95 Å². The second-order valence-electron chi connectivity index (χ2n) is 12.4. The van der Waals surface area contributed by atoms with Gasteiger partial charge in [0.25, 0.3) is 0 Å². The number of para-hydroxylation sites is 1. The predicted molar refractivity (Wildman–Crippen MR) is 174 cm³/mol. The van der Waals surface area contributed by atoms with Crippen LogP contribution < -0.4 is 25.6 Å². The van der Waals surface area contributed by atoms with Crippen LogP contribution in [0.5, 0.6) is 5.75 Å². The minimum absolute atomic E-state index is 0.176. The first kappa shape index (κ1) is 31.9. The molecule has 6 rings (SSSR count). The quantitative estimate of drug-likeness (QED) is 0.292. The molecule has 2 saturated heterocycles. The van der Waals surface area contributed by atoms with Gasteiger partial charge in [0.15, 0.2) is 5.82 Å². The number of hydrogen-bond acceptors (Lipinski definition) is 9. The van der Waals surface area contributed by atoms with Crippen molar-refractivity contribution in [3.63, 3.8) is 0 Å². The van der Waals surface area contributed by atoms with Gasteiger partial charge in [0.1, 0.15) is 24.5 Å². The molecule has 2 N–H and O–H groups in total. The lowest BCUT2D eigenvalue weighted by Crippen LogP contribution is -2.60. The molecule has 3 aliphatic heterocycles. The number of anilines is 5. The van der Waals surface area contributed by atoms with Gasteiger partial charge in [-0.05, 0) is 69.9 Å². The number of aryl methyl sites for hydroxylation is 1. The standard InChI is InChI=1S/C31H38ClF3N7O2P/c1-20-14-21(37-30-36-16-24(32)29(39-30)38-25-6-4-5-7-27(25)45(2,3)43)15-26-28(20)42-13-12-41(17-23(42)18-44-26)22-8-10-40(11-9-22)19-31(33,34)35/h4-7,14-16,22-23H,8-13,17-19H2,1-3H3,(H2,36,37,38,39)/t23-/m0/s1. The fourth-order valence-electron chi connectivity index (χ4n) is 6.65. The van der Waals surface area contributed by atoms with E-state index in [1.807, 2.05) is 36.4 Å². The summed E-state index contributed by atoms with van der Waals surface area (Å²) in [6.45, 7) is 8.68. The number of piperidine rings is 1. The lowest BCUT2D eigenvalue weighted by molar-refractivity contribution is -0.149. The van der Waals surface area contributed by atoms with Gasteiger partial charge in [0.05, 0.1) is 30.2 Å². The normalized spacial score (nSPS) is 19.9. The Morgan fingerprint density at radius 1 is 1.07 bits per heavy atom. The van der Waals surface area contributed by atoms with Crippen LogP contribution in [0.25, 0.3) is 0 Å². The zero-order valence-electron chi connectivity index (χ0n) is 25.6. The first-order valence-corrected chi connectivity index (χ1v) is 18.1. The molecule has 242 valence electrons. The van der Waals surface area contributed by atoms with Gasteiger partial charge in [-0.15, -0.1) is 0 Å². The summed E-state index contributed by atoms with van der Waals surface area (Å²) in [6.07, 6.45) is -1.12. The Morgan fingerprint density at radius 2 is 1.82 bits per heavy atom. The molecule has 0 saturated carbocycles. The maximum absolute atomic E-state index is 12.8. The van der Waals surface area contributed by atoms with Crippen molar-refractivity contribution in [1.29, 1.82) is 0 Å². The fourth-order valence-corrected chi connectivity index (χ4v) is 7.94. The molecule has 2 aromatic carbocycles. The van der Waals surface area contributed by atoms with Crippen LogP contribution in [0.4, 0.5) is 42.0 Å². The smallest absolute Gasteiger partial charge is 0.401 e. The first-order chi connectivity index (χ1) is 21.3. The Bertz CT molecular complexity index is 1600. The van der Waals surface area contributed by atoms with Crippen LogP contribution in [-0.4, -0.2) is 97.2 Å². The van der Waals surface area contributed by atoms with Crippen molar-refractivity contribution in [2.45, 2.75) is 38.0 Å². The lowest BCUT2D eigenvalue weighted by Gasteiger charge is -2.49. The van der Waals surface area contributed by atoms with E-state index in [1.165, 1.54) is 11.1 Å². The highest BCUT2D eigenvalue weighted by Crippen LogP contribution is 2.42. The Morgan fingerprint density at radius 3 is 2.56 bits per heavy atom. The van der Waals surface area contributed by atoms with Crippen molar-refractivity contribution in [3.05, 3.63) is 53.2 Å². The van der Waals surface area contributed by atoms with E-state index in [4.69, 9.17) is 16.3 Å². The average Bonchev–Trinajstić information content (AvgIpc) is 2.97. The summed E-state index contributed by atoms with van der Waals surface area (Å²) in [5, 5.41) is 7.55. The number of nitrogens with one attached hydrogen (secondary N) is 2. The van der Waals surface area contributed by atoms with E-state index >= 15 is 0 Å². The minimum Gasteiger partial charge on any atom is -0.489 e. The van der Waals surface area contributed by atoms with Crippen LogP contribution in [0, 0.1) is 6.92 Å². The maximum Gasteiger partial charge on any atom is 0.401 e. The van der Waals surface area contributed by atoms with Crippen molar-refractivity contribution in [3.8, 4) is 5.75 Å². The Labute approximate surface area is 266 Å². The number of ether oxygens (including phenoxy) is 1. The largest absolute Gasteiger partial charge is 0.489 e. The summed E-state index contributed by atoms with van der Waals surface area (Å²) in [5.74, 6) is 1.52. The van der Waals surface area contributed by atoms with Gasteiger partial charge >= 0.3 is 6.18 Å². The van der Waals surface area contributed by atoms with E-state index in [2.05, 4.69) is 37.3 Å². The molecule has 0 radical (unpaired) electrons. The van der Waals surface area contributed by atoms with Crippen LogP contribution in [0.15, 0.2) is 42.6 Å². The molecule has 0 unspecified atom stereocenters. The van der Waals surface area contributed by atoms with E-state index in [1.54, 1.807) is 13.3 Å². The van der Waals surface area contributed by atoms with E-state index < -0.39 is 19.9 Å². The number of piperazine rings is 1. The Balaban J connectivity index is 1.12. The van der Waals surface area contributed by atoms with Gasteiger partial charge in [-0.3, -0.25) is 9.80 Å². The summed E-state index contributed by atoms with van der Waals surface area (Å²) in [7, 11) is -2.54. The molecule has 3 aliphatic rings. The van der Waals surface area contributed by atoms with Gasteiger partial charge in [-0.1, -0.05) is 23.7 Å².